The fourth-order valence-corrected chi connectivity index (χ4v) is 4.50. The van der Waals surface area contributed by atoms with E-state index in [1.165, 1.54) is 0 Å². The summed E-state index contributed by atoms with van der Waals surface area (Å²) in [6.45, 7) is 9.58. The van der Waals surface area contributed by atoms with Gasteiger partial charge in [0.1, 0.15) is 11.4 Å². The number of nitrogens with zero attached hydrogens (tertiary/aromatic N) is 1. The summed E-state index contributed by atoms with van der Waals surface area (Å²) in [5.41, 5.74) is 2.20. The number of amides is 1. The number of ether oxygens (including phenoxy) is 2. The number of ketones is 1. The van der Waals surface area contributed by atoms with Crippen molar-refractivity contribution in [1.29, 1.82) is 0 Å². The topological polar surface area (TPSA) is 55.8 Å². The molecule has 2 bridgehead atoms. The van der Waals surface area contributed by atoms with Crippen molar-refractivity contribution in [2.45, 2.75) is 78.0 Å². The zero-order valence-electron chi connectivity index (χ0n) is 17.3. The number of carbonyl (C=O) groups is 2. The van der Waals surface area contributed by atoms with Gasteiger partial charge in [0.15, 0.2) is 5.78 Å². The van der Waals surface area contributed by atoms with E-state index in [0.29, 0.717) is 0 Å². The third-order valence-corrected chi connectivity index (χ3v) is 5.72. The maximum Gasteiger partial charge on any atom is 0.410 e. The molecule has 0 N–H and O–H groups in total. The summed E-state index contributed by atoms with van der Waals surface area (Å²) in [5, 5.41) is 0. The van der Waals surface area contributed by atoms with Crippen LogP contribution in [0.4, 0.5) is 4.79 Å². The van der Waals surface area contributed by atoms with Gasteiger partial charge < -0.3 is 14.4 Å². The first kappa shape index (κ1) is 19.7. The van der Waals surface area contributed by atoms with Crippen LogP contribution in [0.3, 0.4) is 0 Å². The average molecular weight is 373 g/mol. The van der Waals surface area contributed by atoms with Crippen molar-refractivity contribution >= 4 is 11.9 Å². The molecule has 2 aliphatic rings. The van der Waals surface area contributed by atoms with E-state index in [1.807, 2.05) is 51.7 Å². The van der Waals surface area contributed by atoms with E-state index in [2.05, 4.69) is 0 Å². The summed E-state index contributed by atoms with van der Waals surface area (Å²) in [7, 11) is 1.65. The number of aryl methyl sites for hydroxylation is 2. The summed E-state index contributed by atoms with van der Waals surface area (Å²) in [5.74, 6) is 0.968. The number of rotatable bonds is 3. The van der Waals surface area contributed by atoms with Crippen molar-refractivity contribution in [3.63, 3.8) is 0 Å². The Morgan fingerprint density at radius 3 is 2.15 bits per heavy atom. The Balaban J connectivity index is 1.76. The van der Waals surface area contributed by atoms with Crippen molar-refractivity contribution in [3.8, 4) is 5.75 Å². The Morgan fingerprint density at radius 2 is 1.63 bits per heavy atom. The summed E-state index contributed by atoms with van der Waals surface area (Å²) >= 11 is 0. The molecule has 0 aromatic heterocycles. The van der Waals surface area contributed by atoms with Crippen LogP contribution in [-0.2, 0) is 4.74 Å². The molecule has 0 saturated carbocycles. The number of benzene rings is 1. The van der Waals surface area contributed by atoms with Gasteiger partial charge in [-0.1, -0.05) is 0 Å². The second-order valence-electron chi connectivity index (χ2n) is 8.94. The fourth-order valence-electron chi connectivity index (χ4n) is 4.50. The number of Topliss-reactive ketones (excluding diaryl/α,β-unsaturated/α-hetero) is 1. The molecular weight excluding hydrogens is 342 g/mol. The lowest BCUT2D eigenvalue weighted by molar-refractivity contribution is 0.00253. The Morgan fingerprint density at radius 1 is 1.04 bits per heavy atom. The third kappa shape index (κ3) is 3.97. The largest absolute Gasteiger partial charge is 0.496 e. The van der Waals surface area contributed by atoms with Crippen LogP contribution < -0.4 is 4.74 Å². The lowest BCUT2D eigenvalue weighted by Gasteiger charge is -2.39. The van der Waals surface area contributed by atoms with Crippen LogP contribution in [0, 0.1) is 19.8 Å². The van der Waals surface area contributed by atoms with Crippen molar-refractivity contribution in [2.75, 3.05) is 7.11 Å². The van der Waals surface area contributed by atoms with E-state index < -0.39 is 5.60 Å². The van der Waals surface area contributed by atoms with Gasteiger partial charge >= 0.3 is 6.09 Å². The number of piperidine rings is 1. The van der Waals surface area contributed by atoms with E-state index in [-0.39, 0.29) is 29.9 Å². The van der Waals surface area contributed by atoms with Crippen molar-refractivity contribution < 1.29 is 19.1 Å². The normalized spacial score (nSPS) is 24.7. The molecule has 1 aromatic carbocycles. The molecule has 0 spiro atoms. The third-order valence-electron chi connectivity index (χ3n) is 5.72. The number of methoxy groups -OCH3 is 1. The Kier molecular flexibility index (Phi) is 5.24. The minimum absolute atomic E-state index is 0.0346. The van der Waals surface area contributed by atoms with Gasteiger partial charge in [-0.2, -0.15) is 0 Å². The van der Waals surface area contributed by atoms with Crippen LogP contribution in [0.1, 0.15) is 67.9 Å². The number of carbonyl (C=O) groups excluding carboxylic acids is 2. The molecule has 0 radical (unpaired) electrons. The molecule has 2 atom stereocenters. The molecule has 2 heterocycles. The first-order valence-corrected chi connectivity index (χ1v) is 9.81. The Labute approximate surface area is 162 Å². The molecule has 148 valence electrons. The Bertz CT molecular complexity index is 735. The summed E-state index contributed by atoms with van der Waals surface area (Å²) in [6, 6.07) is 4.09. The SMILES string of the molecule is COc1cc(C)c(C(=O)C2CC3CCC(C2)N3C(=O)OC(C)(C)C)cc1C. The van der Waals surface area contributed by atoms with Gasteiger partial charge in [-0.25, -0.2) is 4.79 Å². The van der Waals surface area contributed by atoms with Crippen LogP contribution in [-0.4, -0.2) is 41.6 Å². The summed E-state index contributed by atoms with van der Waals surface area (Å²) in [6.07, 6.45) is 3.11. The van der Waals surface area contributed by atoms with Gasteiger partial charge in [0.25, 0.3) is 0 Å². The maximum atomic E-state index is 13.2. The van der Waals surface area contributed by atoms with Gasteiger partial charge in [-0.15, -0.1) is 0 Å². The molecular formula is C22H31NO4. The number of fused-ring (bicyclic) bond motifs is 2. The molecule has 2 aliphatic heterocycles. The predicted octanol–water partition coefficient (Wildman–Crippen LogP) is 4.67. The lowest BCUT2D eigenvalue weighted by atomic mass is 9.83. The summed E-state index contributed by atoms with van der Waals surface area (Å²) < 4.78 is 10.9. The molecule has 27 heavy (non-hydrogen) atoms. The second kappa shape index (κ2) is 7.17. The van der Waals surface area contributed by atoms with Gasteiger partial charge in [0.05, 0.1) is 7.11 Å². The Hall–Kier alpha value is -2.04. The second-order valence-corrected chi connectivity index (χ2v) is 8.94. The van der Waals surface area contributed by atoms with Crippen LogP contribution >= 0.6 is 0 Å². The zero-order chi connectivity index (χ0) is 19.9. The van der Waals surface area contributed by atoms with E-state index in [0.717, 1.165) is 48.1 Å². The van der Waals surface area contributed by atoms with E-state index >= 15 is 0 Å². The summed E-state index contributed by atoms with van der Waals surface area (Å²) in [4.78, 5) is 27.7. The van der Waals surface area contributed by atoms with Crippen LogP contribution in [0.5, 0.6) is 5.75 Å². The highest BCUT2D eigenvalue weighted by Gasteiger charge is 2.46. The van der Waals surface area contributed by atoms with Gasteiger partial charge in [0.2, 0.25) is 0 Å². The fraction of sp³-hybridized carbons (Fsp3) is 0.636. The molecule has 3 rings (SSSR count). The van der Waals surface area contributed by atoms with Crippen LogP contribution in [0.2, 0.25) is 0 Å². The highest BCUT2D eigenvalue weighted by molar-refractivity contribution is 5.99. The van der Waals surface area contributed by atoms with Crippen molar-refractivity contribution in [1.82, 2.24) is 4.90 Å². The van der Waals surface area contributed by atoms with Gasteiger partial charge in [0, 0.05) is 23.6 Å². The molecule has 1 aromatic rings. The minimum atomic E-state index is -0.499. The van der Waals surface area contributed by atoms with Crippen LogP contribution in [0.25, 0.3) is 0 Å². The average Bonchev–Trinajstić information content (AvgIpc) is 2.84. The molecule has 2 unspecified atom stereocenters. The molecule has 5 nitrogen and oxygen atoms in total. The number of hydrogen-bond donors (Lipinski definition) is 0. The molecule has 2 fully saturated rings. The van der Waals surface area contributed by atoms with E-state index in [4.69, 9.17) is 9.47 Å². The predicted molar refractivity (Wildman–Crippen MR) is 104 cm³/mol. The molecule has 0 aliphatic carbocycles. The zero-order valence-corrected chi connectivity index (χ0v) is 17.3. The molecule has 5 heteroatoms. The van der Waals surface area contributed by atoms with Gasteiger partial charge in [-0.05, 0) is 83.6 Å². The molecule has 1 amide bonds. The number of hydrogen-bond acceptors (Lipinski definition) is 4. The van der Waals surface area contributed by atoms with E-state index in [1.54, 1.807) is 7.11 Å². The monoisotopic (exact) mass is 373 g/mol. The highest BCUT2D eigenvalue weighted by atomic mass is 16.6. The quantitative estimate of drug-likeness (QED) is 0.722. The highest BCUT2D eigenvalue weighted by Crippen LogP contribution is 2.41. The lowest BCUT2D eigenvalue weighted by Crippen LogP contribution is -2.49. The standard InChI is InChI=1S/C22H31NO4/c1-13-10-19(26-6)14(2)9-18(13)20(24)15-11-16-7-8-17(12-15)23(16)21(25)27-22(3,4)5/h9-10,15-17H,7-8,11-12H2,1-6H3. The minimum Gasteiger partial charge on any atom is -0.496 e. The smallest absolute Gasteiger partial charge is 0.410 e. The van der Waals surface area contributed by atoms with Crippen molar-refractivity contribution in [2.24, 2.45) is 5.92 Å². The molecule has 2 saturated heterocycles. The van der Waals surface area contributed by atoms with Crippen molar-refractivity contribution in [3.05, 3.63) is 28.8 Å². The van der Waals surface area contributed by atoms with Crippen LogP contribution in [0.15, 0.2) is 12.1 Å². The van der Waals surface area contributed by atoms with Gasteiger partial charge in [-0.3, -0.25) is 4.79 Å². The van der Waals surface area contributed by atoms with E-state index in [9.17, 15) is 9.59 Å². The maximum absolute atomic E-state index is 13.2. The first-order valence-electron chi connectivity index (χ1n) is 9.81. The first-order chi connectivity index (χ1) is 12.6.